The first-order valence-corrected chi connectivity index (χ1v) is 8.93. The third-order valence-electron chi connectivity index (χ3n) is 4.83. The number of aryl methyl sites for hydroxylation is 1. The number of rotatable bonds is 5. The van der Waals surface area contributed by atoms with Gasteiger partial charge in [-0.2, -0.15) is 0 Å². The number of aliphatic carboxylic acids is 1. The maximum Gasteiger partial charge on any atom is 0.303 e. The summed E-state index contributed by atoms with van der Waals surface area (Å²) in [4.78, 5) is 28.0. The van der Waals surface area contributed by atoms with Gasteiger partial charge in [0.05, 0.1) is 0 Å². The molecular weight excluding hydrogens is 298 g/mol. The molecule has 3 atom stereocenters. The summed E-state index contributed by atoms with van der Waals surface area (Å²) < 4.78 is 0. The van der Waals surface area contributed by atoms with E-state index in [4.69, 9.17) is 5.11 Å². The molecule has 1 aromatic rings. The van der Waals surface area contributed by atoms with Gasteiger partial charge in [-0.15, -0.1) is 11.3 Å². The number of hydrogen-bond donors (Lipinski definition) is 1. The Labute approximate surface area is 135 Å². The van der Waals surface area contributed by atoms with Gasteiger partial charge in [-0.05, 0) is 50.7 Å². The molecule has 3 rings (SSSR count). The highest BCUT2D eigenvalue weighted by atomic mass is 32.1. The number of thiophene rings is 1. The maximum atomic E-state index is 12.6. The highest BCUT2D eigenvalue weighted by Crippen LogP contribution is 2.50. The number of carbonyl (C=O) groups is 2. The van der Waals surface area contributed by atoms with Crippen molar-refractivity contribution in [1.29, 1.82) is 0 Å². The van der Waals surface area contributed by atoms with E-state index in [9.17, 15) is 9.59 Å². The molecule has 3 unspecified atom stereocenters. The second-order valence-corrected chi connectivity index (χ2v) is 7.94. The Bertz CT molecular complexity index is 568. The lowest BCUT2D eigenvalue weighted by atomic mass is 9.93. The summed E-state index contributed by atoms with van der Waals surface area (Å²) in [6.45, 7) is 3.69. The summed E-state index contributed by atoms with van der Waals surface area (Å²) in [7, 11) is 0. The van der Waals surface area contributed by atoms with Crippen molar-refractivity contribution in [3.8, 4) is 0 Å². The second kappa shape index (κ2) is 6.41. The van der Waals surface area contributed by atoms with Crippen LogP contribution < -0.4 is 0 Å². The summed E-state index contributed by atoms with van der Waals surface area (Å²) in [6, 6.07) is 4.28. The molecule has 1 aliphatic heterocycles. The van der Waals surface area contributed by atoms with E-state index in [1.165, 1.54) is 9.75 Å². The first kappa shape index (κ1) is 15.5. The van der Waals surface area contributed by atoms with Crippen molar-refractivity contribution >= 4 is 23.2 Å². The number of hydrogen-bond acceptors (Lipinski definition) is 3. The fourth-order valence-electron chi connectivity index (χ4n) is 3.50. The van der Waals surface area contributed by atoms with E-state index >= 15 is 0 Å². The third-order valence-corrected chi connectivity index (χ3v) is 5.96. The lowest BCUT2D eigenvalue weighted by Crippen LogP contribution is -2.41. The van der Waals surface area contributed by atoms with Crippen molar-refractivity contribution < 1.29 is 14.7 Å². The molecule has 0 radical (unpaired) electrons. The molecule has 4 nitrogen and oxygen atoms in total. The van der Waals surface area contributed by atoms with Gasteiger partial charge in [0.25, 0.3) is 0 Å². The number of nitrogens with zero attached hydrogens (tertiary/aromatic N) is 1. The molecule has 0 bridgehead atoms. The molecule has 5 heteroatoms. The average Bonchev–Trinajstić information content (AvgIpc) is 3.19. The summed E-state index contributed by atoms with van der Waals surface area (Å²) in [5, 5.41) is 8.80. The van der Waals surface area contributed by atoms with Gasteiger partial charge in [-0.25, -0.2) is 0 Å². The summed E-state index contributed by atoms with van der Waals surface area (Å²) in [6.07, 6.45) is 3.94. The van der Waals surface area contributed by atoms with Crippen LogP contribution in [0.15, 0.2) is 12.1 Å². The van der Waals surface area contributed by atoms with Crippen molar-refractivity contribution in [3.63, 3.8) is 0 Å². The number of carboxylic acids is 1. The first-order chi connectivity index (χ1) is 10.5. The van der Waals surface area contributed by atoms with Gasteiger partial charge in [0.1, 0.15) is 0 Å². The van der Waals surface area contributed by atoms with Crippen LogP contribution in [0.1, 0.15) is 47.8 Å². The van der Waals surface area contributed by atoms with Crippen LogP contribution in [0.3, 0.4) is 0 Å². The Kier molecular flexibility index (Phi) is 4.52. The molecule has 0 spiro atoms. The van der Waals surface area contributed by atoms with Gasteiger partial charge >= 0.3 is 5.97 Å². The van der Waals surface area contributed by atoms with E-state index in [0.29, 0.717) is 18.3 Å². The van der Waals surface area contributed by atoms with Crippen LogP contribution in [0.5, 0.6) is 0 Å². The van der Waals surface area contributed by atoms with E-state index in [1.807, 2.05) is 4.90 Å². The van der Waals surface area contributed by atoms with Gasteiger partial charge < -0.3 is 10.0 Å². The standard InChI is InChI=1S/C17H23NO3S/c1-11-4-6-15(22-11)13-9-14(13)17(21)18-8-2-3-12(10-18)5-7-16(19)20/h4,6,12-14H,2-3,5,7-10H2,1H3,(H,19,20). The predicted molar refractivity (Wildman–Crippen MR) is 86.1 cm³/mol. The summed E-state index contributed by atoms with van der Waals surface area (Å²) >= 11 is 1.80. The van der Waals surface area contributed by atoms with E-state index in [2.05, 4.69) is 19.1 Å². The Morgan fingerprint density at radius 3 is 2.91 bits per heavy atom. The normalized spacial score (nSPS) is 27.7. The van der Waals surface area contributed by atoms with Crippen molar-refractivity contribution in [3.05, 3.63) is 21.9 Å². The highest BCUT2D eigenvalue weighted by molar-refractivity contribution is 7.12. The van der Waals surface area contributed by atoms with Gasteiger partial charge in [0.15, 0.2) is 0 Å². The van der Waals surface area contributed by atoms with Crippen LogP contribution in [0, 0.1) is 18.8 Å². The van der Waals surface area contributed by atoms with E-state index in [-0.39, 0.29) is 18.2 Å². The quantitative estimate of drug-likeness (QED) is 0.905. The third kappa shape index (κ3) is 3.51. The zero-order valence-corrected chi connectivity index (χ0v) is 13.8. The van der Waals surface area contributed by atoms with Crippen molar-refractivity contribution in [2.75, 3.05) is 13.1 Å². The van der Waals surface area contributed by atoms with Gasteiger partial charge in [-0.1, -0.05) is 0 Å². The molecule has 22 heavy (non-hydrogen) atoms. The highest BCUT2D eigenvalue weighted by Gasteiger charge is 2.46. The Balaban J connectivity index is 1.53. The molecule has 1 aliphatic carbocycles. The molecule has 2 heterocycles. The molecule has 2 fully saturated rings. The van der Waals surface area contributed by atoms with E-state index < -0.39 is 5.97 Å². The predicted octanol–water partition coefficient (Wildman–Crippen LogP) is 3.26. The molecule has 1 saturated heterocycles. The number of likely N-dealkylation sites (tertiary alicyclic amines) is 1. The van der Waals surface area contributed by atoms with E-state index in [0.717, 1.165) is 32.4 Å². The number of carboxylic acid groups (broad SMARTS) is 1. The minimum atomic E-state index is -0.737. The fourth-order valence-corrected chi connectivity index (χ4v) is 4.55. The molecular formula is C17H23NO3S. The lowest BCUT2D eigenvalue weighted by Gasteiger charge is -2.33. The van der Waals surface area contributed by atoms with Gasteiger partial charge in [-0.3, -0.25) is 9.59 Å². The molecule has 120 valence electrons. The minimum absolute atomic E-state index is 0.163. The van der Waals surface area contributed by atoms with Crippen LogP contribution in [-0.4, -0.2) is 35.0 Å². The van der Waals surface area contributed by atoms with Crippen LogP contribution >= 0.6 is 11.3 Å². The SMILES string of the molecule is Cc1ccc(C2CC2C(=O)N2CCCC(CCC(=O)O)C2)s1. The molecule has 2 aliphatic rings. The molecule has 1 amide bonds. The molecule has 1 aromatic heterocycles. The summed E-state index contributed by atoms with van der Waals surface area (Å²) in [5.41, 5.74) is 0. The number of carbonyl (C=O) groups excluding carboxylic acids is 1. The topological polar surface area (TPSA) is 57.6 Å². The Hall–Kier alpha value is -1.36. The number of piperidine rings is 1. The van der Waals surface area contributed by atoms with Gasteiger partial charge in [0.2, 0.25) is 5.91 Å². The van der Waals surface area contributed by atoms with Crippen molar-refractivity contribution in [2.24, 2.45) is 11.8 Å². The summed E-state index contributed by atoms with van der Waals surface area (Å²) in [5.74, 6) is 0.492. The van der Waals surface area contributed by atoms with Crippen LogP contribution in [0.4, 0.5) is 0 Å². The lowest BCUT2D eigenvalue weighted by molar-refractivity contribution is -0.137. The zero-order chi connectivity index (χ0) is 15.7. The smallest absolute Gasteiger partial charge is 0.303 e. The monoisotopic (exact) mass is 321 g/mol. The largest absolute Gasteiger partial charge is 0.481 e. The zero-order valence-electron chi connectivity index (χ0n) is 13.0. The van der Waals surface area contributed by atoms with E-state index in [1.54, 1.807) is 11.3 Å². The van der Waals surface area contributed by atoms with Crippen molar-refractivity contribution in [1.82, 2.24) is 4.90 Å². The maximum absolute atomic E-state index is 12.6. The van der Waals surface area contributed by atoms with Crippen LogP contribution in [0.25, 0.3) is 0 Å². The number of amides is 1. The van der Waals surface area contributed by atoms with Crippen LogP contribution in [-0.2, 0) is 9.59 Å². The first-order valence-electron chi connectivity index (χ1n) is 8.11. The van der Waals surface area contributed by atoms with Crippen molar-refractivity contribution in [2.45, 2.75) is 44.9 Å². The Morgan fingerprint density at radius 2 is 2.23 bits per heavy atom. The average molecular weight is 321 g/mol. The fraction of sp³-hybridized carbons (Fsp3) is 0.647. The Morgan fingerprint density at radius 1 is 1.41 bits per heavy atom. The van der Waals surface area contributed by atoms with Crippen LogP contribution in [0.2, 0.25) is 0 Å². The minimum Gasteiger partial charge on any atom is -0.481 e. The van der Waals surface area contributed by atoms with Gasteiger partial charge in [0, 0.05) is 41.1 Å². The molecule has 0 aromatic carbocycles. The second-order valence-electron chi connectivity index (χ2n) is 6.62. The molecule has 1 N–H and O–H groups in total. The molecule has 1 saturated carbocycles.